The second kappa shape index (κ2) is 4.30. The van der Waals surface area contributed by atoms with Gasteiger partial charge in [0.2, 0.25) is 0 Å². The largest absolute Gasteiger partial charge is 0.469 e. The Morgan fingerprint density at radius 3 is 2.47 bits per heavy atom. The summed E-state index contributed by atoms with van der Waals surface area (Å²) in [6, 6.07) is 4.40. The summed E-state index contributed by atoms with van der Waals surface area (Å²) in [5.74, 6) is -1.34. The molecule has 1 atom stereocenters. The van der Waals surface area contributed by atoms with Crippen molar-refractivity contribution in [2.75, 3.05) is 0 Å². The molecule has 0 saturated carbocycles. The molecule has 0 amide bonds. The van der Waals surface area contributed by atoms with Gasteiger partial charge in [-0.2, -0.15) is 0 Å². The van der Waals surface area contributed by atoms with E-state index >= 15 is 0 Å². The van der Waals surface area contributed by atoms with E-state index in [2.05, 4.69) is 0 Å². The molecule has 0 aliphatic heterocycles. The number of benzene rings is 1. The number of aliphatic hydroxyl groups is 1. The van der Waals surface area contributed by atoms with E-state index in [4.69, 9.17) is 4.42 Å². The molecule has 0 saturated heterocycles. The zero-order valence-corrected chi connectivity index (χ0v) is 9.50. The van der Waals surface area contributed by atoms with E-state index in [0.29, 0.717) is 11.3 Å². The third kappa shape index (κ3) is 2.08. The van der Waals surface area contributed by atoms with Crippen LogP contribution in [0.25, 0.3) is 0 Å². The Morgan fingerprint density at radius 1 is 1.18 bits per heavy atom. The molecule has 90 valence electrons. The standard InChI is InChI=1S/C13H12F2O2/c1-7-3-4-10(12(15)11(7)14)13(16)9-5-8(2)17-6-9/h3-6,13,16H,1-2H3. The molecule has 4 heteroatoms. The van der Waals surface area contributed by atoms with E-state index in [1.165, 1.54) is 25.3 Å². The lowest BCUT2D eigenvalue weighted by Crippen LogP contribution is -2.04. The van der Waals surface area contributed by atoms with Crippen LogP contribution in [-0.2, 0) is 0 Å². The van der Waals surface area contributed by atoms with Crippen molar-refractivity contribution in [3.8, 4) is 0 Å². The highest BCUT2D eigenvalue weighted by Crippen LogP contribution is 2.27. The van der Waals surface area contributed by atoms with E-state index in [9.17, 15) is 13.9 Å². The Bertz CT molecular complexity index is 546. The maximum Gasteiger partial charge on any atom is 0.165 e. The second-order valence-electron chi connectivity index (χ2n) is 3.99. The average molecular weight is 238 g/mol. The first-order chi connectivity index (χ1) is 8.00. The predicted molar refractivity (Wildman–Crippen MR) is 58.6 cm³/mol. The number of hydrogen-bond acceptors (Lipinski definition) is 2. The first-order valence-electron chi connectivity index (χ1n) is 5.18. The van der Waals surface area contributed by atoms with Gasteiger partial charge in [0.15, 0.2) is 11.6 Å². The second-order valence-corrected chi connectivity index (χ2v) is 3.99. The fraction of sp³-hybridized carbons (Fsp3) is 0.231. The summed E-state index contributed by atoms with van der Waals surface area (Å²) >= 11 is 0. The number of furan rings is 1. The SMILES string of the molecule is Cc1cc(C(O)c2ccc(C)c(F)c2F)co1. The Hall–Kier alpha value is -1.68. The molecule has 0 aliphatic carbocycles. The summed E-state index contributed by atoms with van der Waals surface area (Å²) < 4.78 is 32.0. The Balaban J connectivity index is 2.44. The first kappa shape index (κ1) is 11.8. The average Bonchev–Trinajstić information content (AvgIpc) is 2.72. The van der Waals surface area contributed by atoms with Gasteiger partial charge in [-0.15, -0.1) is 0 Å². The number of hydrogen-bond donors (Lipinski definition) is 1. The molecule has 2 nitrogen and oxygen atoms in total. The highest BCUT2D eigenvalue weighted by molar-refractivity contribution is 5.33. The molecule has 17 heavy (non-hydrogen) atoms. The van der Waals surface area contributed by atoms with Crippen molar-refractivity contribution in [2.24, 2.45) is 0 Å². The Morgan fingerprint density at radius 2 is 1.88 bits per heavy atom. The molecule has 1 aromatic carbocycles. The number of aliphatic hydroxyl groups excluding tert-OH is 1. The summed E-state index contributed by atoms with van der Waals surface area (Å²) in [5, 5.41) is 9.93. The molecule has 1 heterocycles. The van der Waals surface area contributed by atoms with Crippen LogP contribution >= 0.6 is 0 Å². The van der Waals surface area contributed by atoms with Crippen molar-refractivity contribution >= 4 is 0 Å². The molecule has 1 unspecified atom stereocenters. The van der Waals surface area contributed by atoms with Gasteiger partial charge in [-0.1, -0.05) is 12.1 Å². The minimum Gasteiger partial charge on any atom is -0.469 e. The van der Waals surface area contributed by atoms with Crippen LogP contribution in [0.3, 0.4) is 0 Å². The molecule has 2 aromatic rings. The molecule has 0 spiro atoms. The molecular formula is C13H12F2O2. The van der Waals surface area contributed by atoms with Crippen molar-refractivity contribution in [1.29, 1.82) is 0 Å². The monoisotopic (exact) mass is 238 g/mol. The van der Waals surface area contributed by atoms with Gasteiger partial charge < -0.3 is 9.52 Å². The quantitative estimate of drug-likeness (QED) is 0.871. The van der Waals surface area contributed by atoms with Crippen LogP contribution < -0.4 is 0 Å². The lowest BCUT2D eigenvalue weighted by molar-refractivity contribution is 0.212. The molecule has 1 N–H and O–H groups in total. The van der Waals surface area contributed by atoms with Gasteiger partial charge in [0.05, 0.1) is 6.26 Å². The van der Waals surface area contributed by atoms with Crippen LogP contribution in [0.5, 0.6) is 0 Å². The summed E-state index contributed by atoms with van der Waals surface area (Å²) in [5.41, 5.74) is 0.528. The zero-order valence-electron chi connectivity index (χ0n) is 9.50. The van der Waals surface area contributed by atoms with Crippen LogP contribution in [0.2, 0.25) is 0 Å². The van der Waals surface area contributed by atoms with Crippen LogP contribution in [0, 0.1) is 25.5 Å². The zero-order chi connectivity index (χ0) is 12.6. The smallest absolute Gasteiger partial charge is 0.165 e. The molecule has 0 aliphatic rings. The van der Waals surface area contributed by atoms with E-state index in [1.807, 2.05) is 0 Å². The van der Waals surface area contributed by atoms with E-state index in [0.717, 1.165) is 0 Å². The summed E-state index contributed by atoms with van der Waals surface area (Å²) in [7, 11) is 0. The molecule has 0 bridgehead atoms. The summed E-state index contributed by atoms with van der Waals surface area (Å²) in [6.45, 7) is 3.18. The minimum atomic E-state index is -1.22. The maximum atomic E-state index is 13.6. The van der Waals surface area contributed by atoms with Gasteiger partial charge in [-0.3, -0.25) is 0 Å². The van der Waals surface area contributed by atoms with Gasteiger partial charge in [0.1, 0.15) is 11.9 Å². The highest BCUT2D eigenvalue weighted by atomic mass is 19.2. The van der Waals surface area contributed by atoms with Gasteiger partial charge in [-0.05, 0) is 25.5 Å². The molecule has 1 aromatic heterocycles. The number of halogens is 2. The number of rotatable bonds is 2. The van der Waals surface area contributed by atoms with E-state index in [-0.39, 0.29) is 11.1 Å². The van der Waals surface area contributed by atoms with Crippen LogP contribution in [-0.4, -0.2) is 5.11 Å². The molecule has 0 radical (unpaired) electrons. The Kier molecular flexibility index (Phi) is 2.98. The van der Waals surface area contributed by atoms with Crippen molar-refractivity contribution in [1.82, 2.24) is 0 Å². The van der Waals surface area contributed by atoms with Crippen LogP contribution in [0.4, 0.5) is 8.78 Å². The summed E-state index contributed by atoms with van der Waals surface area (Å²) in [6.07, 6.45) is 0.111. The van der Waals surface area contributed by atoms with Crippen molar-refractivity contribution < 1.29 is 18.3 Å². The van der Waals surface area contributed by atoms with Crippen molar-refractivity contribution in [3.05, 3.63) is 58.5 Å². The lowest BCUT2D eigenvalue weighted by atomic mass is 10.0. The predicted octanol–water partition coefficient (Wildman–Crippen LogP) is 3.26. The lowest BCUT2D eigenvalue weighted by Gasteiger charge is -2.11. The van der Waals surface area contributed by atoms with E-state index in [1.54, 1.807) is 13.0 Å². The van der Waals surface area contributed by atoms with Crippen LogP contribution in [0.1, 0.15) is 28.6 Å². The highest BCUT2D eigenvalue weighted by Gasteiger charge is 2.20. The normalized spacial score (nSPS) is 12.8. The Labute approximate surface area is 97.5 Å². The minimum absolute atomic E-state index is 0.0890. The van der Waals surface area contributed by atoms with E-state index < -0.39 is 17.7 Å². The fourth-order valence-corrected chi connectivity index (χ4v) is 1.66. The maximum absolute atomic E-state index is 13.6. The van der Waals surface area contributed by atoms with Gasteiger partial charge in [-0.25, -0.2) is 8.78 Å². The van der Waals surface area contributed by atoms with Gasteiger partial charge in [0.25, 0.3) is 0 Å². The van der Waals surface area contributed by atoms with Crippen LogP contribution in [0.15, 0.2) is 28.9 Å². The number of aryl methyl sites for hydroxylation is 2. The topological polar surface area (TPSA) is 33.4 Å². The molecular weight excluding hydrogens is 226 g/mol. The van der Waals surface area contributed by atoms with Crippen molar-refractivity contribution in [3.63, 3.8) is 0 Å². The third-order valence-electron chi connectivity index (χ3n) is 2.67. The molecule has 0 fully saturated rings. The molecule has 2 rings (SSSR count). The van der Waals surface area contributed by atoms with Gasteiger partial charge in [0, 0.05) is 11.1 Å². The summed E-state index contributed by atoms with van der Waals surface area (Å²) in [4.78, 5) is 0. The first-order valence-corrected chi connectivity index (χ1v) is 5.18. The fourth-order valence-electron chi connectivity index (χ4n) is 1.66. The van der Waals surface area contributed by atoms with Crippen molar-refractivity contribution in [2.45, 2.75) is 20.0 Å². The van der Waals surface area contributed by atoms with Gasteiger partial charge >= 0.3 is 0 Å². The third-order valence-corrected chi connectivity index (χ3v) is 2.67.